The van der Waals surface area contributed by atoms with E-state index in [1.54, 1.807) is 6.92 Å². The molecule has 0 aromatic rings. The molecule has 1 saturated heterocycles. The number of ether oxygens (including phenoxy) is 2. The molecule has 118 valence electrons. The fourth-order valence-corrected chi connectivity index (χ4v) is 3.70. The molecular formula is C11H22N2O6S. The zero-order chi connectivity index (χ0) is 15.2. The zero-order valence-electron chi connectivity index (χ0n) is 11.7. The van der Waals surface area contributed by atoms with Crippen LogP contribution in [-0.2, 0) is 24.5 Å². The number of hydrogen-bond acceptors (Lipinski definition) is 6. The summed E-state index contributed by atoms with van der Waals surface area (Å²) in [5.41, 5.74) is 0. The van der Waals surface area contributed by atoms with Crippen LogP contribution in [0.2, 0.25) is 0 Å². The van der Waals surface area contributed by atoms with Gasteiger partial charge in [0.1, 0.15) is 6.04 Å². The monoisotopic (exact) mass is 310 g/mol. The van der Waals surface area contributed by atoms with Crippen LogP contribution in [0.15, 0.2) is 0 Å². The lowest BCUT2D eigenvalue weighted by Gasteiger charge is -2.25. The highest BCUT2D eigenvalue weighted by Gasteiger charge is 2.40. The molecule has 2 unspecified atom stereocenters. The first-order valence-corrected chi connectivity index (χ1v) is 7.95. The summed E-state index contributed by atoms with van der Waals surface area (Å²) < 4.78 is 37.6. The minimum atomic E-state index is -3.86. The molecule has 8 nitrogen and oxygen atoms in total. The van der Waals surface area contributed by atoms with Crippen molar-refractivity contribution in [2.45, 2.75) is 31.8 Å². The van der Waals surface area contributed by atoms with Crippen LogP contribution in [0.5, 0.6) is 0 Å². The molecule has 0 spiro atoms. The van der Waals surface area contributed by atoms with E-state index >= 15 is 0 Å². The number of aliphatic hydroxyl groups excluding tert-OH is 1. The molecule has 1 fully saturated rings. The van der Waals surface area contributed by atoms with Crippen molar-refractivity contribution < 1.29 is 27.8 Å². The quantitative estimate of drug-likeness (QED) is 0.549. The van der Waals surface area contributed by atoms with Crippen molar-refractivity contribution in [3.63, 3.8) is 0 Å². The van der Waals surface area contributed by atoms with E-state index in [9.17, 15) is 13.2 Å². The zero-order valence-corrected chi connectivity index (χ0v) is 12.6. The van der Waals surface area contributed by atoms with Crippen molar-refractivity contribution in [3.05, 3.63) is 0 Å². The van der Waals surface area contributed by atoms with Crippen LogP contribution in [0.1, 0.15) is 19.8 Å². The van der Waals surface area contributed by atoms with Gasteiger partial charge in [-0.2, -0.15) is 17.4 Å². The average molecular weight is 310 g/mol. The fraction of sp³-hybridized carbons (Fsp3) is 0.909. The molecule has 0 aliphatic carbocycles. The van der Waals surface area contributed by atoms with Gasteiger partial charge in [-0.25, -0.2) is 0 Å². The normalized spacial score (nSPS) is 21.9. The maximum Gasteiger partial charge on any atom is 0.324 e. The van der Waals surface area contributed by atoms with E-state index in [0.29, 0.717) is 12.8 Å². The standard InChI is InChI=1S/C11H22N2O6S/c1-3-19-11(15)10-5-4-6-13(10)20(16,17)12-9(7-14)8-18-2/h9-10,12,14H,3-8H2,1-2H3. The van der Waals surface area contributed by atoms with E-state index in [0.717, 1.165) is 4.31 Å². The first-order valence-electron chi connectivity index (χ1n) is 6.51. The lowest BCUT2D eigenvalue weighted by Crippen LogP contribution is -2.51. The topological polar surface area (TPSA) is 105 Å². The van der Waals surface area contributed by atoms with Crippen molar-refractivity contribution >= 4 is 16.2 Å². The molecule has 9 heteroatoms. The largest absolute Gasteiger partial charge is 0.465 e. The van der Waals surface area contributed by atoms with Gasteiger partial charge in [0.05, 0.1) is 25.9 Å². The van der Waals surface area contributed by atoms with E-state index in [-0.39, 0.29) is 26.4 Å². The van der Waals surface area contributed by atoms with Crippen LogP contribution < -0.4 is 4.72 Å². The number of nitrogens with one attached hydrogen (secondary N) is 1. The van der Waals surface area contributed by atoms with E-state index in [1.807, 2.05) is 0 Å². The summed E-state index contributed by atoms with van der Waals surface area (Å²) in [5.74, 6) is -0.539. The minimum absolute atomic E-state index is 0.0492. The van der Waals surface area contributed by atoms with Gasteiger partial charge >= 0.3 is 5.97 Å². The number of rotatable bonds is 8. The van der Waals surface area contributed by atoms with E-state index < -0.39 is 28.3 Å². The second-order valence-corrected chi connectivity index (χ2v) is 6.13. The maximum atomic E-state index is 12.2. The first kappa shape index (κ1) is 17.3. The molecule has 0 aromatic heterocycles. The molecule has 1 heterocycles. The molecule has 1 rings (SSSR count). The van der Waals surface area contributed by atoms with Crippen LogP contribution in [-0.4, -0.2) is 69.4 Å². The maximum absolute atomic E-state index is 12.2. The van der Waals surface area contributed by atoms with Crippen LogP contribution in [0.4, 0.5) is 0 Å². The third-order valence-corrected chi connectivity index (χ3v) is 4.66. The van der Waals surface area contributed by atoms with Crippen LogP contribution in [0.25, 0.3) is 0 Å². The summed E-state index contributed by atoms with van der Waals surface area (Å²) >= 11 is 0. The van der Waals surface area contributed by atoms with Crippen molar-refractivity contribution in [1.82, 2.24) is 9.03 Å². The first-order chi connectivity index (χ1) is 9.46. The highest BCUT2D eigenvalue weighted by atomic mass is 32.2. The smallest absolute Gasteiger partial charge is 0.324 e. The summed E-state index contributed by atoms with van der Waals surface area (Å²) in [5, 5.41) is 9.11. The molecule has 2 N–H and O–H groups in total. The molecule has 2 atom stereocenters. The van der Waals surface area contributed by atoms with E-state index in [4.69, 9.17) is 14.6 Å². The predicted molar refractivity (Wildman–Crippen MR) is 71.2 cm³/mol. The van der Waals surface area contributed by atoms with Gasteiger partial charge in [0, 0.05) is 13.7 Å². The highest BCUT2D eigenvalue weighted by molar-refractivity contribution is 7.87. The second kappa shape index (κ2) is 7.89. The lowest BCUT2D eigenvalue weighted by atomic mass is 10.2. The highest BCUT2D eigenvalue weighted by Crippen LogP contribution is 2.21. The van der Waals surface area contributed by atoms with Gasteiger partial charge in [0.15, 0.2) is 0 Å². The minimum Gasteiger partial charge on any atom is -0.465 e. The molecule has 1 aliphatic heterocycles. The second-order valence-electron chi connectivity index (χ2n) is 4.48. The Labute approximate surface area is 119 Å². The molecular weight excluding hydrogens is 288 g/mol. The molecule has 20 heavy (non-hydrogen) atoms. The van der Waals surface area contributed by atoms with Crippen molar-refractivity contribution in [2.24, 2.45) is 0 Å². The number of aliphatic hydroxyl groups is 1. The summed E-state index contributed by atoms with van der Waals surface area (Å²) in [7, 11) is -2.45. The Hall–Kier alpha value is -0.740. The number of hydrogen-bond donors (Lipinski definition) is 2. The summed E-state index contributed by atoms with van der Waals surface area (Å²) in [6.45, 7) is 1.80. The van der Waals surface area contributed by atoms with Gasteiger partial charge in [0.2, 0.25) is 0 Å². The number of methoxy groups -OCH3 is 1. The third kappa shape index (κ3) is 4.38. The Morgan fingerprint density at radius 1 is 1.55 bits per heavy atom. The Morgan fingerprint density at radius 2 is 2.25 bits per heavy atom. The summed E-state index contributed by atoms with van der Waals surface area (Å²) in [6.07, 6.45) is 1.03. The van der Waals surface area contributed by atoms with Crippen molar-refractivity contribution in [3.8, 4) is 0 Å². The van der Waals surface area contributed by atoms with Crippen LogP contribution in [0.3, 0.4) is 0 Å². The van der Waals surface area contributed by atoms with Crippen molar-refractivity contribution in [2.75, 3.05) is 33.5 Å². The van der Waals surface area contributed by atoms with Crippen LogP contribution in [0, 0.1) is 0 Å². The van der Waals surface area contributed by atoms with Gasteiger partial charge in [-0.05, 0) is 19.8 Å². The fourth-order valence-electron chi connectivity index (χ4n) is 2.11. The van der Waals surface area contributed by atoms with Gasteiger partial charge < -0.3 is 14.6 Å². The molecule has 0 saturated carbocycles. The lowest BCUT2D eigenvalue weighted by molar-refractivity contribution is -0.146. The van der Waals surface area contributed by atoms with E-state index in [1.165, 1.54) is 7.11 Å². The Kier molecular flexibility index (Phi) is 6.83. The van der Waals surface area contributed by atoms with Crippen LogP contribution >= 0.6 is 0 Å². The molecule has 0 bridgehead atoms. The Bertz CT molecular complexity index is 413. The van der Waals surface area contributed by atoms with Gasteiger partial charge in [-0.3, -0.25) is 4.79 Å². The number of nitrogens with zero attached hydrogens (tertiary/aromatic N) is 1. The van der Waals surface area contributed by atoms with Gasteiger partial charge in [0.25, 0.3) is 10.2 Å². The number of carbonyl (C=O) groups excluding carboxylic acids is 1. The Balaban J connectivity index is 2.77. The Morgan fingerprint density at radius 3 is 2.80 bits per heavy atom. The molecule has 0 aromatic carbocycles. The average Bonchev–Trinajstić information content (AvgIpc) is 2.88. The summed E-state index contributed by atoms with van der Waals surface area (Å²) in [4.78, 5) is 11.8. The SMILES string of the molecule is CCOC(=O)C1CCCN1S(=O)(=O)NC(CO)COC. The van der Waals surface area contributed by atoms with Crippen molar-refractivity contribution in [1.29, 1.82) is 0 Å². The summed E-state index contributed by atoms with van der Waals surface area (Å²) in [6, 6.07) is -1.54. The van der Waals surface area contributed by atoms with Gasteiger partial charge in [-0.15, -0.1) is 0 Å². The number of carbonyl (C=O) groups is 1. The van der Waals surface area contributed by atoms with E-state index in [2.05, 4.69) is 4.72 Å². The predicted octanol–water partition coefficient (Wildman–Crippen LogP) is -1.14. The molecule has 0 radical (unpaired) electrons. The molecule has 1 aliphatic rings. The molecule has 0 amide bonds. The third-order valence-electron chi connectivity index (χ3n) is 2.97. The van der Waals surface area contributed by atoms with Gasteiger partial charge in [-0.1, -0.05) is 0 Å². The number of esters is 1.